The first-order valence-electron chi connectivity index (χ1n) is 7.73. The van der Waals surface area contributed by atoms with E-state index >= 15 is 0 Å². The zero-order valence-corrected chi connectivity index (χ0v) is 12.7. The molecule has 0 spiro atoms. The Balaban J connectivity index is 1.84. The molecule has 1 aliphatic carbocycles. The van der Waals surface area contributed by atoms with E-state index in [2.05, 4.69) is 25.6 Å². The lowest BCUT2D eigenvalue weighted by Crippen LogP contribution is -2.26. The maximum absolute atomic E-state index is 5.96. The topological polar surface area (TPSA) is 18.5 Å². The molecule has 0 aliphatic heterocycles. The van der Waals surface area contributed by atoms with E-state index in [4.69, 9.17) is 9.47 Å². The van der Waals surface area contributed by atoms with Gasteiger partial charge < -0.3 is 9.47 Å². The first kappa shape index (κ1) is 15.1. The molecular formula is C18H26O2. The first-order valence-corrected chi connectivity index (χ1v) is 7.73. The molecule has 1 unspecified atom stereocenters. The van der Waals surface area contributed by atoms with Gasteiger partial charge in [0.25, 0.3) is 0 Å². The van der Waals surface area contributed by atoms with Crippen molar-refractivity contribution >= 4 is 0 Å². The van der Waals surface area contributed by atoms with Crippen LogP contribution in [-0.2, 0) is 4.74 Å². The standard InChI is InChI=1S/C18H26O2/c1-4-14(2)16-10-12-18(13-11-16)20-15(3)19-17-8-6-5-7-9-17/h4,10-15,17H,1,5-9H2,2-3H3/t14-,15?/m1/s1. The second-order valence-electron chi connectivity index (χ2n) is 5.67. The highest BCUT2D eigenvalue weighted by Crippen LogP contribution is 2.24. The summed E-state index contributed by atoms with van der Waals surface area (Å²) in [6, 6.07) is 8.20. The molecule has 1 aromatic rings. The Bertz CT molecular complexity index is 404. The highest BCUT2D eigenvalue weighted by Gasteiger charge is 2.17. The molecule has 0 heterocycles. The minimum absolute atomic E-state index is 0.180. The van der Waals surface area contributed by atoms with Crippen molar-refractivity contribution in [1.82, 2.24) is 0 Å². The average molecular weight is 274 g/mol. The molecule has 0 aromatic heterocycles. The molecule has 1 fully saturated rings. The lowest BCUT2D eigenvalue weighted by Gasteiger charge is -2.26. The third kappa shape index (κ3) is 4.38. The SMILES string of the molecule is C=C[C@@H](C)c1ccc(OC(C)OC2CCCCC2)cc1. The van der Waals surface area contributed by atoms with Crippen LogP contribution < -0.4 is 4.74 Å². The molecule has 110 valence electrons. The lowest BCUT2D eigenvalue weighted by atomic mass is 9.98. The smallest absolute Gasteiger partial charge is 0.197 e. The zero-order chi connectivity index (χ0) is 14.4. The summed E-state index contributed by atoms with van der Waals surface area (Å²) >= 11 is 0. The van der Waals surface area contributed by atoms with Gasteiger partial charge in [0.1, 0.15) is 5.75 Å². The largest absolute Gasteiger partial charge is 0.465 e. The maximum atomic E-state index is 5.96. The van der Waals surface area contributed by atoms with Gasteiger partial charge in [-0.25, -0.2) is 0 Å². The maximum Gasteiger partial charge on any atom is 0.197 e. The fourth-order valence-electron chi connectivity index (χ4n) is 2.68. The van der Waals surface area contributed by atoms with Crippen molar-refractivity contribution in [2.45, 2.75) is 64.3 Å². The average Bonchev–Trinajstić information content (AvgIpc) is 2.48. The van der Waals surface area contributed by atoms with E-state index in [1.54, 1.807) is 0 Å². The number of allylic oxidation sites excluding steroid dienone is 1. The molecule has 0 radical (unpaired) electrons. The molecule has 1 aromatic carbocycles. The highest BCUT2D eigenvalue weighted by atomic mass is 16.7. The minimum Gasteiger partial charge on any atom is -0.465 e. The quantitative estimate of drug-likeness (QED) is 0.534. The van der Waals surface area contributed by atoms with Crippen LogP contribution in [0.15, 0.2) is 36.9 Å². The molecular weight excluding hydrogens is 248 g/mol. The molecule has 1 aliphatic rings. The lowest BCUT2D eigenvalue weighted by molar-refractivity contribution is -0.116. The summed E-state index contributed by atoms with van der Waals surface area (Å²) in [4.78, 5) is 0. The van der Waals surface area contributed by atoms with Crippen molar-refractivity contribution in [3.05, 3.63) is 42.5 Å². The molecule has 1 saturated carbocycles. The summed E-state index contributed by atoms with van der Waals surface area (Å²) in [6.07, 6.45) is 8.40. The molecule has 2 heteroatoms. The fourth-order valence-corrected chi connectivity index (χ4v) is 2.68. The number of hydrogen-bond donors (Lipinski definition) is 0. The first-order chi connectivity index (χ1) is 9.69. The van der Waals surface area contributed by atoms with Crippen molar-refractivity contribution in [3.63, 3.8) is 0 Å². The number of rotatable bonds is 6. The monoisotopic (exact) mass is 274 g/mol. The van der Waals surface area contributed by atoms with E-state index in [0.717, 1.165) is 5.75 Å². The van der Waals surface area contributed by atoms with Crippen molar-refractivity contribution in [1.29, 1.82) is 0 Å². The van der Waals surface area contributed by atoms with Gasteiger partial charge in [-0.2, -0.15) is 0 Å². The van der Waals surface area contributed by atoms with Crippen LogP contribution in [-0.4, -0.2) is 12.4 Å². The van der Waals surface area contributed by atoms with Crippen LogP contribution in [0.25, 0.3) is 0 Å². The van der Waals surface area contributed by atoms with E-state index in [-0.39, 0.29) is 6.29 Å². The Hall–Kier alpha value is -1.28. The Morgan fingerprint density at radius 3 is 2.35 bits per heavy atom. The molecule has 20 heavy (non-hydrogen) atoms. The summed E-state index contributed by atoms with van der Waals surface area (Å²) in [5.74, 6) is 1.24. The van der Waals surface area contributed by atoms with Gasteiger partial charge in [0.2, 0.25) is 0 Å². The predicted molar refractivity (Wildman–Crippen MR) is 83.1 cm³/mol. The van der Waals surface area contributed by atoms with Gasteiger partial charge in [-0.3, -0.25) is 0 Å². The van der Waals surface area contributed by atoms with E-state index in [1.807, 2.05) is 25.1 Å². The predicted octanol–water partition coefficient (Wildman–Crippen LogP) is 5.05. The second-order valence-corrected chi connectivity index (χ2v) is 5.67. The Morgan fingerprint density at radius 2 is 1.75 bits per heavy atom. The molecule has 0 N–H and O–H groups in total. The normalized spacial score (nSPS) is 19.3. The Kier molecular flexibility index (Phi) is 5.66. The van der Waals surface area contributed by atoms with Gasteiger partial charge in [0.05, 0.1) is 6.10 Å². The van der Waals surface area contributed by atoms with Crippen LogP contribution in [0.5, 0.6) is 5.75 Å². The Labute approximate surface area is 122 Å². The fraction of sp³-hybridized carbons (Fsp3) is 0.556. The number of ether oxygens (including phenoxy) is 2. The molecule has 2 atom stereocenters. The van der Waals surface area contributed by atoms with E-state index < -0.39 is 0 Å². The van der Waals surface area contributed by atoms with Crippen LogP contribution >= 0.6 is 0 Å². The van der Waals surface area contributed by atoms with E-state index in [0.29, 0.717) is 12.0 Å². The summed E-state index contributed by atoms with van der Waals surface area (Å²) in [5, 5.41) is 0. The van der Waals surface area contributed by atoms with Gasteiger partial charge in [0, 0.05) is 0 Å². The van der Waals surface area contributed by atoms with Gasteiger partial charge in [-0.1, -0.05) is 44.4 Å². The van der Waals surface area contributed by atoms with Gasteiger partial charge in [-0.05, 0) is 43.4 Å². The minimum atomic E-state index is -0.180. The second kappa shape index (κ2) is 7.49. The van der Waals surface area contributed by atoms with Gasteiger partial charge >= 0.3 is 0 Å². The number of benzene rings is 1. The van der Waals surface area contributed by atoms with Crippen molar-refractivity contribution in [2.75, 3.05) is 0 Å². The van der Waals surface area contributed by atoms with Crippen molar-refractivity contribution < 1.29 is 9.47 Å². The number of hydrogen-bond acceptors (Lipinski definition) is 2. The third-order valence-electron chi connectivity index (χ3n) is 4.00. The summed E-state index contributed by atoms with van der Waals surface area (Å²) in [5.41, 5.74) is 1.26. The van der Waals surface area contributed by atoms with Crippen molar-refractivity contribution in [3.8, 4) is 5.75 Å². The van der Waals surface area contributed by atoms with Crippen LogP contribution in [0.3, 0.4) is 0 Å². The third-order valence-corrected chi connectivity index (χ3v) is 4.00. The van der Waals surface area contributed by atoms with Gasteiger partial charge in [0.15, 0.2) is 6.29 Å². The van der Waals surface area contributed by atoms with Crippen LogP contribution in [0, 0.1) is 0 Å². The van der Waals surface area contributed by atoms with Crippen molar-refractivity contribution in [2.24, 2.45) is 0 Å². The van der Waals surface area contributed by atoms with E-state index in [9.17, 15) is 0 Å². The highest BCUT2D eigenvalue weighted by molar-refractivity contribution is 5.30. The summed E-state index contributed by atoms with van der Waals surface area (Å²) < 4.78 is 11.8. The molecule has 2 rings (SSSR count). The molecule has 0 saturated heterocycles. The zero-order valence-electron chi connectivity index (χ0n) is 12.7. The summed E-state index contributed by atoms with van der Waals surface area (Å²) in [7, 11) is 0. The molecule has 2 nitrogen and oxygen atoms in total. The van der Waals surface area contributed by atoms with Crippen LogP contribution in [0.2, 0.25) is 0 Å². The molecule has 0 bridgehead atoms. The van der Waals surface area contributed by atoms with Gasteiger partial charge in [-0.15, -0.1) is 6.58 Å². The van der Waals surface area contributed by atoms with Crippen LogP contribution in [0.4, 0.5) is 0 Å². The Morgan fingerprint density at radius 1 is 1.10 bits per heavy atom. The molecule has 0 amide bonds. The van der Waals surface area contributed by atoms with E-state index in [1.165, 1.54) is 37.7 Å². The van der Waals surface area contributed by atoms with Crippen LogP contribution in [0.1, 0.15) is 57.4 Å². The summed E-state index contributed by atoms with van der Waals surface area (Å²) in [6.45, 7) is 7.94.